The summed E-state index contributed by atoms with van der Waals surface area (Å²) in [4.78, 5) is 12.5. The number of thioether (sulfide) groups is 1. The molecule has 8 heteroatoms. The minimum Gasteiger partial charge on any atom is -0.493 e. The standard InChI is InChI=1S/C24H30N4O3S/c1-16(2)28-23(18(4)31-21-14-10-9-13-20(21)30-5)26-27-24(28)32-15-22(29)25-17(3)19-11-7-6-8-12-19/h6-14,16-18H,15H2,1-5H3,(H,25,29). The molecule has 1 amide bonds. The van der Waals surface area contributed by atoms with Crippen LogP contribution in [0.4, 0.5) is 0 Å². The van der Waals surface area contributed by atoms with Crippen molar-refractivity contribution >= 4 is 17.7 Å². The number of nitrogens with one attached hydrogen (secondary N) is 1. The van der Waals surface area contributed by atoms with Crippen LogP contribution in [0, 0.1) is 0 Å². The number of carbonyl (C=O) groups is 1. The van der Waals surface area contributed by atoms with E-state index in [0.29, 0.717) is 22.5 Å². The largest absolute Gasteiger partial charge is 0.493 e. The quantitative estimate of drug-likeness (QED) is 0.436. The van der Waals surface area contributed by atoms with Crippen molar-refractivity contribution in [2.45, 2.75) is 51.0 Å². The zero-order chi connectivity index (χ0) is 23.1. The third-order valence-electron chi connectivity index (χ3n) is 4.95. The van der Waals surface area contributed by atoms with Crippen molar-refractivity contribution in [3.63, 3.8) is 0 Å². The van der Waals surface area contributed by atoms with Gasteiger partial charge >= 0.3 is 0 Å². The first-order valence-electron chi connectivity index (χ1n) is 10.6. The number of rotatable bonds is 10. The smallest absolute Gasteiger partial charge is 0.230 e. The number of carbonyl (C=O) groups excluding carboxylic acids is 1. The number of amides is 1. The maximum Gasteiger partial charge on any atom is 0.230 e. The van der Waals surface area contributed by atoms with E-state index in [4.69, 9.17) is 9.47 Å². The van der Waals surface area contributed by atoms with Crippen LogP contribution >= 0.6 is 11.8 Å². The van der Waals surface area contributed by atoms with E-state index in [2.05, 4.69) is 29.4 Å². The summed E-state index contributed by atoms with van der Waals surface area (Å²) in [5.41, 5.74) is 1.07. The summed E-state index contributed by atoms with van der Waals surface area (Å²) < 4.78 is 13.5. The molecule has 0 saturated heterocycles. The van der Waals surface area contributed by atoms with Crippen molar-refractivity contribution in [1.29, 1.82) is 0 Å². The lowest BCUT2D eigenvalue weighted by atomic mass is 10.1. The minimum atomic E-state index is -0.345. The lowest BCUT2D eigenvalue weighted by Gasteiger charge is -2.20. The van der Waals surface area contributed by atoms with E-state index in [1.165, 1.54) is 11.8 Å². The van der Waals surface area contributed by atoms with Crippen LogP contribution < -0.4 is 14.8 Å². The summed E-state index contributed by atoms with van der Waals surface area (Å²) in [5.74, 6) is 2.21. The van der Waals surface area contributed by atoms with Gasteiger partial charge in [-0.25, -0.2) is 0 Å². The molecule has 0 fully saturated rings. The summed E-state index contributed by atoms with van der Waals surface area (Å²) in [6.45, 7) is 8.02. The number of hydrogen-bond donors (Lipinski definition) is 1. The topological polar surface area (TPSA) is 78.3 Å². The van der Waals surface area contributed by atoms with Crippen LogP contribution in [0.15, 0.2) is 59.8 Å². The zero-order valence-corrected chi connectivity index (χ0v) is 19.9. The van der Waals surface area contributed by atoms with E-state index in [-0.39, 0.29) is 29.8 Å². The van der Waals surface area contributed by atoms with Gasteiger partial charge in [0.05, 0.1) is 18.9 Å². The van der Waals surface area contributed by atoms with Gasteiger partial charge in [0.1, 0.15) is 0 Å². The van der Waals surface area contributed by atoms with Gasteiger partial charge in [-0.05, 0) is 45.4 Å². The second kappa shape index (κ2) is 11.0. The van der Waals surface area contributed by atoms with Gasteiger partial charge in [0.15, 0.2) is 28.6 Å². The van der Waals surface area contributed by atoms with Crippen LogP contribution in [0.3, 0.4) is 0 Å². The first kappa shape index (κ1) is 23.7. The van der Waals surface area contributed by atoms with Crippen molar-refractivity contribution in [2.24, 2.45) is 0 Å². The maximum atomic E-state index is 12.5. The van der Waals surface area contributed by atoms with Gasteiger partial charge < -0.3 is 19.4 Å². The van der Waals surface area contributed by atoms with E-state index >= 15 is 0 Å². The Bertz CT molecular complexity index is 1020. The van der Waals surface area contributed by atoms with Crippen molar-refractivity contribution < 1.29 is 14.3 Å². The van der Waals surface area contributed by atoms with Crippen molar-refractivity contribution in [3.8, 4) is 11.5 Å². The van der Waals surface area contributed by atoms with Crippen molar-refractivity contribution in [2.75, 3.05) is 12.9 Å². The Morgan fingerprint density at radius 2 is 1.66 bits per heavy atom. The van der Waals surface area contributed by atoms with Crippen LogP contribution in [0.5, 0.6) is 11.5 Å². The molecule has 32 heavy (non-hydrogen) atoms. The SMILES string of the molecule is COc1ccccc1OC(C)c1nnc(SCC(=O)NC(C)c2ccccc2)n1C(C)C. The van der Waals surface area contributed by atoms with Crippen LogP contribution in [-0.4, -0.2) is 33.5 Å². The summed E-state index contributed by atoms with van der Waals surface area (Å²) in [7, 11) is 1.61. The van der Waals surface area contributed by atoms with Crippen LogP contribution in [-0.2, 0) is 4.79 Å². The Morgan fingerprint density at radius 3 is 2.31 bits per heavy atom. The first-order chi connectivity index (χ1) is 15.4. The summed E-state index contributed by atoms with van der Waals surface area (Å²) in [6.07, 6.45) is -0.345. The van der Waals surface area contributed by atoms with Gasteiger partial charge in [-0.3, -0.25) is 4.79 Å². The van der Waals surface area contributed by atoms with E-state index in [1.54, 1.807) is 7.11 Å². The van der Waals surface area contributed by atoms with Gasteiger partial charge in [0, 0.05) is 6.04 Å². The average molecular weight is 455 g/mol. The van der Waals surface area contributed by atoms with Crippen LogP contribution in [0.1, 0.15) is 57.3 Å². The van der Waals surface area contributed by atoms with Gasteiger partial charge in [0.25, 0.3) is 0 Å². The molecule has 3 rings (SSSR count). The van der Waals surface area contributed by atoms with E-state index in [9.17, 15) is 4.79 Å². The fourth-order valence-corrected chi connectivity index (χ4v) is 4.23. The fourth-order valence-electron chi connectivity index (χ4n) is 3.35. The van der Waals surface area contributed by atoms with Gasteiger partial charge in [-0.15, -0.1) is 10.2 Å². The molecule has 0 saturated carbocycles. The highest BCUT2D eigenvalue weighted by Gasteiger charge is 2.23. The van der Waals surface area contributed by atoms with Crippen LogP contribution in [0.2, 0.25) is 0 Å². The molecule has 2 aromatic carbocycles. The molecule has 0 aliphatic rings. The predicted molar refractivity (Wildman–Crippen MR) is 126 cm³/mol. The zero-order valence-electron chi connectivity index (χ0n) is 19.1. The van der Waals surface area contributed by atoms with E-state index in [0.717, 1.165) is 5.56 Å². The van der Waals surface area contributed by atoms with Gasteiger partial charge in [0.2, 0.25) is 5.91 Å². The van der Waals surface area contributed by atoms with E-state index < -0.39 is 0 Å². The highest BCUT2D eigenvalue weighted by atomic mass is 32.2. The number of ether oxygens (including phenoxy) is 2. The third-order valence-corrected chi connectivity index (χ3v) is 5.90. The number of nitrogens with zero attached hydrogens (tertiary/aromatic N) is 3. The number of aromatic nitrogens is 3. The normalized spacial score (nSPS) is 12.9. The second-order valence-electron chi connectivity index (χ2n) is 7.70. The van der Waals surface area contributed by atoms with Crippen molar-refractivity contribution in [1.82, 2.24) is 20.1 Å². The lowest BCUT2D eigenvalue weighted by Crippen LogP contribution is -2.28. The third kappa shape index (κ3) is 5.82. The molecule has 170 valence electrons. The Labute approximate surface area is 193 Å². The molecular formula is C24H30N4O3S. The molecule has 3 aromatic rings. The predicted octanol–water partition coefficient (Wildman–Crippen LogP) is 4.98. The first-order valence-corrected chi connectivity index (χ1v) is 11.6. The molecule has 0 aliphatic heterocycles. The Balaban J connectivity index is 1.67. The van der Waals surface area contributed by atoms with Crippen LogP contribution in [0.25, 0.3) is 0 Å². The number of benzene rings is 2. The molecule has 0 bridgehead atoms. The van der Waals surface area contributed by atoms with Gasteiger partial charge in [-0.1, -0.05) is 54.2 Å². The highest BCUT2D eigenvalue weighted by Crippen LogP contribution is 2.32. The Morgan fingerprint density at radius 1 is 1.00 bits per heavy atom. The number of methoxy groups -OCH3 is 1. The Kier molecular flexibility index (Phi) is 8.16. The molecule has 2 atom stereocenters. The summed E-state index contributed by atoms with van der Waals surface area (Å²) >= 11 is 1.37. The fraction of sp³-hybridized carbons (Fsp3) is 0.375. The van der Waals surface area contributed by atoms with Crippen molar-refractivity contribution in [3.05, 3.63) is 66.0 Å². The molecule has 0 aliphatic carbocycles. The molecular weight excluding hydrogens is 424 g/mol. The molecule has 0 radical (unpaired) electrons. The monoisotopic (exact) mass is 454 g/mol. The molecule has 1 aromatic heterocycles. The molecule has 1 N–H and O–H groups in total. The maximum absolute atomic E-state index is 12.5. The summed E-state index contributed by atoms with van der Waals surface area (Å²) in [6, 6.07) is 17.5. The summed E-state index contributed by atoms with van der Waals surface area (Å²) in [5, 5.41) is 12.4. The molecule has 2 unspecified atom stereocenters. The lowest BCUT2D eigenvalue weighted by molar-refractivity contribution is -0.119. The minimum absolute atomic E-state index is 0.0514. The molecule has 0 spiro atoms. The highest BCUT2D eigenvalue weighted by molar-refractivity contribution is 7.99. The second-order valence-corrected chi connectivity index (χ2v) is 8.65. The number of hydrogen-bond acceptors (Lipinski definition) is 6. The average Bonchev–Trinajstić information content (AvgIpc) is 3.23. The van der Waals surface area contributed by atoms with E-state index in [1.807, 2.05) is 73.0 Å². The Hall–Kier alpha value is -3.00. The number of para-hydroxylation sites is 2. The molecule has 1 heterocycles. The molecule has 7 nitrogen and oxygen atoms in total. The van der Waals surface area contributed by atoms with Gasteiger partial charge in [-0.2, -0.15) is 0 Å².